The summed E-state index contributed by atoms with van der Waals surface area (Å²) in [5.74, 6) is 0. The van der Waals surface area contributed by atoms with Crippen LogP contribution in [-0.4, -0.2) is 9.90 Å². The van der Waals surface area contributed by atoms with Crippen LogP contribution in [0.3, 0.4) is 0 Å². The smallest absolute Gasteiger partial charge is 0.132 e. The first kappa shape index (κ1) is 13.6. The van der Waals surface area contributed by atoms with Crippen LogP contribution in [0.15, 0.2) is 66.9 Å². The molecule has 0 N–H and O–H groups in total. The molecule has 0 atom stereocenters. The third kappa shape index (κ3) is 3.02. The van der Waals surface area contributed by atoms with Crippen molar-refractivity contribution < 1.29 is 4.68 Å². The van der Waals surface area contributed by atoms with Crippen molar-refractivity contribution in [2.45, 2.75) is 26.4 Å². The molecule has 106 valence electrons. The zero-order chi connectivity index (χ0) is 14.7. The Morgan fingerprint density at radius 3 is 2.19 bits per heavy atom. The molecule has 3 aromatic rings. The van der Waals surface area contributed by atoms with Crippen molar-refractivity contribution in [3.8, 4) is 11.3 Å². The molecular weight excluding hydrogens is 258 g/mol. The largest absolute Gasteiger partial charge is 0.198 e. The Hall–Kier alpha value is -2.42. The summed E-state index contributed by atoms with van der Waals surface area (Å²) in [7, 11) is 0. The molecule has 0 aliphatic carbocycles. The van der Waals surface area contributed by atoms with Crippen LogP contribution >= 0.6 is 0 Å². The Morgan fingerprint density at radius 2 is 1.57 bits per heavy atom. The molecule has 0 amide bonds. The monoisotopic (exact) mass is 278 g/mol. The zero-order valence-electron chi connectivity index (χ0n) is 12.5. The molecule has 0 saturated carbocycles. The molecule has 1 aromatic heterocycles. The van der Waals surface area contributed by atoms with Crippen LogP contribution in [0.4, 0.5) is 0 Å². The van der Waals surface area contributed by atoms with E-state index in [9.17, 15) is 0 Å². The molecule has 3 heteroatoms. The van der Waals surface area contributed by atoms with E-state index < -0.39 is 0 Å². The normalized spacial score (nSPS) is 11.0. The Morgan fingerprint density at radius 1 is 0.952 bits per heavy atom. The van der Waals surface area contributed by atoms with E-state index in [1.807, 2.05) is 16.8 Å². The molecule has 0 bridgehead atoms. The van der Waals surface area contributed by atoms with Crippen molar-refractivity contribution >= 4 is 0 Å². The van der Waals surface area contributed by atoms with E-state index in [0.29, 0.717) is 6.04 Å². The number of nitrogens with zero attached hydrogens (tertiary/aromatic N) is 3. The maximum atomic E-state index is 4.71. The second-order valence-electron chi connectivity index (χ2n) is 5.49. The summed E-state index contributed by atoms with van der Waals surface area (Å²) >= 11 is 0. The maximum Gasteiger partial charge on any atom is 0.198 e. The highest BCUT2D eigenvalue weighted by atomic mass is 15.5. The van der Waals surface area contributed by atoms with Gasteiger partial charge in [-0.15, -0.1) is 9.36 Å². The van der Waals surface area contributed by atoms with Gasteiger partial charge in [0.25, 0.3) is 0 Å². The molecule has 3 nitrogen and oxygen atoms in total. The quantitative estimate of drug-likeness (QED) is 0.670. The Balaban J connectivity index is 1.97. The summed E-state index contributed by atoms with van der Waals surface area (Å²) < 4.78 is 4.09. The maximum absolute atomic E-state index is 4.71. The van der Waals surface area contributed by atoms with Crippen molar-refractivity contribution in [2.24, 2.45) is 0 Å². The lowest BCUT2D eigenvalue weighted by Gasteiger charge is -2.01. The van der Waals surface area contributed by atoms with Gasteiger partial charge in [0.15, 0.2) is 11.9 Å². The number of hydrogen-bond donors (Lipinski definition) is 0. The van der Waals surface area contributed by atoms with Gasteiger partial charge in [0.1, 0.15) is 12.6 Å². The van der Waals surface area contributed by atoms with Gasteiger partial charge in [0.2, 0.25) is 0 Å². The number of hydrogen-bond acceptors (Lipinski definition) is 1. The molecule has 2 aromatic carbocycles. The molecule has 0 unspecified atom stereocenters. The number of benzene rings is 2. The molecule has 1 heterocycles. The summed E-state index contributed by atoms with van der Waals surface area (Å²) in [4.78, 5) is 0. The average Bonchev–Trinajstić information content (AvgIpc) is 2.93. The predicted molar refractivity (Wildman–Crippen MR) is 83.8 cm³/mol. The zero-order valence-corrected chi connectivity index (χ0v) is 12.5. The fourth-order valence-corrected chi connectivity index (χ4v) is 2.44. The minimum Gasteiger partial charge on any atom is -0.132 e. The van der Waals surface area contributed by atoms with Gasteiger partial charge in [-0.1, -0.05) is 60.7 Å². The van der Waals surface area contributed by atoms with Crippen LogP contribution < -0.4 is 4.68 Å². The van der Waals surface area contributed by atoms with Crippen molar-refractivity contribution in [3.63, 3.8) is 0 Å². The first-order chi connectivity index (χ1) is 10.2. The van der Waals surface area contributed by atoms with Crippen LogP contribution in [0.1, 0.15) is 25.5 Å². The molecule has 0 radical (unpaired) electrons. The van der Waals surface area contributed by atoms with E-state index in [2.05, 4.69) is 73.3 Å². The summed E-state index contributed by atoms with van der Waals surface area (Å²) in [6.45, 7) is 5.11. The van der Waals surface area contributed by atoms with E-state index in [1.165, 1.54) is 11.1 Å². The van der Waals surface area contributed by atoms with Crippen LogP contribution in [0, 0.1) is 0 Å². The number of rotatable bonds is 4. The van der Waals surface area contributed by atoms with Crippen molar-refractivity contribution in [3.05, 3.63) is 72.4 Å². The van der Waals surface area contributed by atoms with E-state index in [0.717, 1.165) is 12.2 Å². The van der Waals surface area contributed by atoms with Crippen LogP contribution in [-0.2, 0) is 6.54 Å². The van der Waals surface area contributed by atoms with E-state index in [4.69, 9.17) is 5.21 Å². The lowest BCUT2D eigenvalue weighted by Crippen LogP contribution is -2.36. The Labute approximate surface area is 125 Å². The highest BCUT2D eigenvalue weighted by Crippen LogP contribution is 2.19. The minimum absolute atomic E-state index is 0.331. The lowest BCUT2D eigenvalue weighted by atomic mass is 10.1. The summed E-state index contributed by atoms with van der Waals surface area (Å²) in [5, 5.41) is 4.71. The van der Waals surface area contributed by atoms with Gasteiger partial charge in [-0.25, -0.2) is 0 Å². The molecule has 0 fully saturated rings. The standard InChI is InChI=1S/C18H20N3/c1-15(2)21-18(17-11-7-4-8-12-17)14-20(19-21)13-16-9-5-3-6-10-16/h3-12,14-15H,13H2,1-2H3/q+1. The fourth-order valence-electron chi connectivity index (χ4n) is 2.44. The van der Waals surface area contributed by atoms with Crippen LogP contribution in [0.2, 0.25) is 0 Å². The highest BCUT2D eigenvalue weighted by molar-refractivity contribution is 5.57. The summed E-state index contributed by atoms with van der Waals surface area (Å²) in [6.07, 6.45) is 2.13. The molecule has 3 rings (SSSR count). The van der Waals surface area contributed by atoms with Crippen molar-refractivity contribution in [1.29, 1.82) is 0 Å². The third-order valence-electron chi connectivity index (χ3n) is 3.48. The van der Waals surface area contributed by atoms with Gasteiger partial charge in [-0.2, -0.15) is 0 Å². The van der Waals surface area contributed by atoms with E-state index in [-0.39, 0.29) is 0 Å². The second kappa shape index (κ2) is 5.92. The minimum atomic E-state index is 0.331. The van der Waals surface area contributed by atoms with Crippen molar-refractivity contribution in [1.82, 2.24) is 9.90 Å². The number of aromatic nitrogens is 3. The first-order valence-corrected chi connectivity index (χ1v) is 7.32. The second-order valence-corrected chi connectivity index (χ2v) is 5.49. The first-order valence-electron chi connectivity index (χ1n) is 7.32. The Kier molecular flexibility index (Phi) is 3.82. The molecular formula is C18H20N3+. The molecule has 0 aliphatic heterocycles. The summed E-state index contributed by atoms with van der Waals surface area (Å²) in [6, 6.07) is 21.2. The van der Waals surface area contributed by atoms with Gasteiger partial charge in [-0.3, -0.25) is 0 Å². The van der Waals surface area contributed by atoms with Crippen LogP contribution in [0.5, 0.6) is 0 Å². The fraction of sp³-hybridized carbons (Fsp3) is 0.222. The van der Waals surface area contributed by atoms with Crippen LogP contribution in [0.25, 0.3) is 11.3 Å². The molecule has 21 heavy (non-hydrogen) atoms. The molecule has 0 aliphatic rings. The lowest BCUT2D eigenvalue weighted by molar-refractivity contribution is -0.747. The van der Waals surface area contributed by atoms with Crippen molar-refractivity contribution in [2.75, 3.05) is 0 Å². The van der Waals surface area contributed by atoms with Gasteiger partial charge < -0.3 is 0 Å². The SMILES string of the molecule is CC(C)n1n[n+](Cc2ccccc2)cc1-c1ccccc1. The average molecular weight is 278 g/mol. The third-order valence-corrected chi connectivity index (χ3v) is 3.48. The van der Waals surface area contributed by atoms with E-state index >= 15 is 0 Å². The topological polar surface area (TPSA) is 21.7 Å². The van der Waals surface area contributed by atoms with Gasteiger partial charge in [0, 0.05) is 5.56 Å². The van der Waals surface area contributed by atoms with Gasteiger partial charge in [-0.05, 0) is 19.4 Å². The molecule has 0 spiro atoms. The van der Waals surface area contributed by atoms with Gasteiger partial charge in [0.05, 0.1) is 5.21 Å². The van der Waals surface area contributed by atoms with E-state index in [1.54, 1.807) is 0 Å². The predicted octanol–water partition coefficient (Wildman–Crippen LogP) is 3.47. The molecule has 0 saturated heterocycles. The van der Waals surface area contributed by atoms with Gasteiger partial charge >= 0.3 is 0 Å². The Bertz CT molecular complexity index is 700. The highest BCUT2D eigenvalue weighted by Gasteiger charge is 2.20. The summed E-state index contributed by atoms with van der Waals surface area (Å²) in [5.41, 5.74) is 3.61.